The summed E-state index contributed by atoms with van der Waals surface area (Å²) < 4.78 is 20.4. The Morgan fingerprint density at radius 3 is 2.62 bits per heavy atom. The topological polar surface area (TPSA) is 48.3 Å². The smallest absolute Gasteiger partial charge is 0.343 e. The van der Waals surface area contributed by atoms with Crippen LogP contribution in [0.1, 0.15) is 17.3 Å². The summed E-state index contributed by atoms with van der Waals surface area (Å²) in [5.74, 6) is -1.47. The van der Waals surface area contributed by atoms with Gasteiger partial charge in [0.2, 0.25) is 5.43 Å². The van der Waals surface area contributed by atoms with E-state index in [9.17, 15) is 14.0 Å². The zero-order chi connectivity index (χ0) is 17.3. The summed E-state index contributed by atoms with van der Waals surface area (Å²) in [5.41, 5.74) is 0.363. The number of hydrogen-bond donors (Lipinski definition) is 0. The number of hydrogen-bond acceptors (Lipinski definition) is 3. The Morgan fingerprint density at radius 2 is 1.96 bits per heavy atom. The van der Waals surface area contributed by atoms with Crippen molar-refractivity contribution in [3.63, 3.8) is 0 Å². The van der Waals surface area contributed by atoms with Crippen molar-refractivity contribution in [3.05, 3.63) is 75.3 Å². The zero-order valence-corrected chi connectivity index (χ0v) is 13.5. The van der Waals surface area contributed by atoms with E-state index in [0.29, 0.717) is 11.2 Å². The molecule has 1 aromatic heterocycles. The molecule has 0 saturated carbocycles. The molecule has 0 amide bonds. The van der Waals surface area contributed by atoms with Gasteiger partial charge in [-0.3, -0.25) is 4.79 Å². The molecular weight excluding hydrogens is 333 g/mol. The van der Waals surface area contributed by atoms with E-state index in [1.165, 1.54) is 12.3 Å². The third kappa shape index (κ3) is 2.78. The number of para-hydroxylation sites is 1. The van der Waals surface area contributed by atoms with Crippen LogP contribution < -0.4 is 5.43 Å². The minimum Gasteiger partial charge on any atom is -0.462 e. The van der Waals surface area contributed by atoms with Gasteiger partial charge >= 0.3 is 5.97 Å². The highest BCUT2D eigenvalue weighted by atomic mass is 35.5. The largest absolute Gasteiger partial charge is 0.462 e. The Labute approximate surface area is 142 Å². The summed E-state index contributed by atoms with van der Waals surface area (Å²) in [6, 6.07) is 11.5. The first-order valence-corrected chi connectivity index (χ1v) is 7.67. The van der Waals surface area contributed by atoms with Crippen molar-refractivity contribution < 1.29 is 13.9 Å². The zero-order valence-electron chi connectivity index (χ0n) is 12.8. The van der Waals surface area contributed by atoms with E-state index in [1.54, 1.807) is 23.6 Å². The molecule has 0 saturated heterocycles. The fourth-order valence-corrected chi connectivity index (χ4v) is 2.63. The number of aromatic nitrogens is 1. The van der Waals surface area contributed by atoms with Gasteiger partial charge < -0.3 is 9.30 Å². The number of nitrogens with zero attached hydrogens (tertiary/aromatic N) is 1. The standard InChI is InChI=1S/C18H13ClFNO3/c1-2-24-18(23)13-10-21(11-6-4-3-5-7-11)16-9-14(19)15(20)8-12(16)17(13)22/h3-10H,2H2,1H3. The van der Waals surface area contributed by atoms with Gasteiger partial charge in [-0.15, -0.1) is 0 Å². The fourth-order valence-electron chi connectivity index (χ4n) is 2.48. The van der Waals surface area contributed by atoms with Crippen molar-refractivity contribution in [1.82, 2.24) is 4.57 Å². The highest BCUT2D eigenvalue weighted by Gasteiger charge is 2.18. The van der Waals surface area contributed by atoms with Crippen molar-refractivity contribution in [3.8, 4) is 5.69 Å². The molecule has 0 atom stereocenters. The molecule has 0 fully saturated rings. The number of pyridine rings is 1. The van der Waals surface area contributed by atoms with Crippen molar-refractivity contribution >= 4 is 28.5 Å². The average molecular weight is 346 g/mol. The van der Waals surface area contributed by atoms with Crippen LogP contribution >= 0.6 is 11.6 Å². The first-order chi connectivity index (χ1) is 11.5. The lowest BCUT2D eigenvalue weighted by Crippen LogP contribution is -2.20. The minimum atomic E-state index is -0.746. The Kier molecular flexibility index (Phi) is 4.36. The van der Waals surface area contributed by atoms with Crippen LogP contribution in [-0.2, 0) is 4.74 Å². The van der Waals surface area contributed by atoms with Gasteiger partial charge in [0.25, 0.3) is 0 Å². The molecule has 0 aliphatic heterocycles. The molecule has 6 heteroatoms. The quantitative estimate of drug-likeness (QED) is 0.675. The van der Waals surface area contributed by atoms with Crippen molar-refractivity contribution in [2.45, 2.75) is 6.92 Å². The van der Waals surface area contributed by atoms with E-state index in [2.05, 4.69) is 0 Å². The normalized spacial score (nSPS) is 10.8. The van der Waals surface area contributed by atoms with Gasteiger partial charge in [-0.25, -0.2) is 9.18 Å². The molecule has 3 aromatic rings. The number of carbonyl (C=O) groups is 1. The number of benzene rings is 2. The lowest BCUT2D eigenvalue weighted by molar-refractivity contribution is 0.0524. The number of esters is 1. The highest BCUT2D eigenvalue weighted by molar-refractivity contribution is 6.31. The predicted molar refractivity (Wildman–Crippen MR) is 90.5 cm³/mol. The third-order valence-corrected chi connectivity index (χ3v) is 3.86. The highest BCUT2D eigenvalue weighted by Crippen LogP contribution is 2.24. The number of ether oxygens (including phenoxy) is 1. The molecule has 1 heterocycles. The summed E-state index contributed by atoms with van der Waals surface area (Å²) in [5, 5.41) is -0.0400. The van der Waals surface area contributed by atoms with Crippen LogP contribution in [0.5, 0.6) is 0 Å². The first-order valence-electron chi connectivity index (χ1n) is 7.30. The summed E-state index contributed by atoms with van der Waals surface area (Å²) in [7, 11) is 0. The van der Waals surface area contributed by atoms with E-state index in [4.69, 9.17) is 16.3 Å². The maximum absolute atomic E-state index is 13.8. The fraction of sp³-hybridized carbons (Fsp3) is 0.111. The van der Waals surface area contributed by atoms with Crippen LogP contribution in [-0.4, -0.2) is 17.1 Å². The maximum atomic E-state index is 13.8. The molecule has 0 unspecified atom stereocenters. The van der Waals surface area contributed by atoms with Crippen LogP contribution in [0.3, 0.4) is 0 Å². The van der Waals surface area contributed by atoms with Crippen LogP contribution in [0.15, 0.2) is 53.5 Å². The molecule has 0 radical (unpaired) electrons. The van der Waals surface area contributed by atoms with Crippen molar-refractivity contribution in [2.75, 3.05) is 6.61 Å². The number of fused-ring (bicyclic) bond motifs is 1. The van der Waals surface area contributed by atoms with Crippen LogP contribution in [0.2, 0.25) is 5.02 Å². The molecule has 24 heavy (non-hydrogen) atoms. The molecule has 4 nitrogen and oxygen atoms in total. The van der Waals surface area contributed by atoms with E-state index in [-0.39, 0.29) is 22.6 Å². The molecule has 0 spiro atoms. The molecule has 122 valence electrons. The van der Waals surface area contributed by atoms with Gasteiger partial charge in [0, 0.05) is 17.3 Å². The molecule has 2 aromatic carbocycles. The molecule has 3 rings (SSSR count). The third-order valence-electron chi connectivity index (χ3n) is 3.58. The second kappa shape index (κ2) is 6.45. The minimum absolute atomic E-state index is 0.0614. The van der Waals surface area contributed by atoms with E-state index < -0.39 is 17.2 Å². The second-order valence-corrected chi connectivity index (χ2v) is 5.49. The monoisotopic (exact) mass is 345 g/mol. The Hall–Kier alpha value is -2.66. The average Bonchev–Trinajstić information content (AvgIpc) is 2.58. The van der Waals surface area contributed by atoms with Gasteiger partial charge in [0.15, 0.2) is 0 Å². The summed E-state index contributed by atoms with van der Waals surface area (Å²) >= 11 is 5.87. The molecule has 0 bridgehead atoms. The van der Waals surface area contributed by atoms with Crippen LogP contribution in [0, 0.1) is 5.82 Å². The van der Waals surface area contributed by atoms with Crippen LogP contribution in [0.25, 0.3) is 16.6 Å². The molecule has 0 aliphatic rings. The van der Waals surface area contributed by atoms with Gasteiger partial charge in [0.05, 0.1) is 17.1 Å². The van der Waals surface area contributed by atoms with Gasteiger partial charge in [-0.2, -0.15) is 0 Å². The number of rotatable bonds is 3. The predicted octanol–water partition coefficient (Wildman–Crippen LogP) is 3.96. The maximum Gasteiger partial charge on any atom is 0.343 e. The van der Waals surface area contributed by atoms with Gasteiger partial charge in [-0.05, 0) is 31.2 Å². The molecule has 0 aliphatic carbocycles. The van der Waals surface area contributed by atoms with E-state index in [1.807, 2.05) is 18.2 Å². The van der Waals surface area contributed by atoms with E-state index >= 15 is 0 Å². The summed E-state index contributed by atoms with van der Waals surface area (Å²) in [4.78, 5) is 24.7. The Morgan fingerprint density at radius 1 is 1.25 bits per heavy atom. The summed E-state index contributed by atoms with van der Waals surface area (Å²) in [6.07, 6.45) is 1.40. The Balaban J connectivity index is 2.40. The second-order valence-electron chi connectivity index (χ2n) is 5.08. The van der Waals surface area contributed by atoms with Crippen molar-refractivity contribution in [1.29, 1.82) is 0 Å². The van der Waals surface area contributed by atoms with E-state index in [0.717, 1.165) is 6.07 Å². The SMILES string of the molecule is CCOC(=O)c1cn(-c2ccccc2)c2cc(Cl)c(F)cc2c1=O. The molecule has 0 N–H and O–H groups in total. The number of halogens is 2. The van der Waals surface area contributed by atoms with Crippen LogP contribution in [0.4, 0.5) is 4.39 Å². The lowest BCUT2D eigenvalue weighted by Gasteiger charge is -2.14. The van der Waals surface area contributed by atoms with Crippen molar-refractivity contribution in [2.24, 2.45) is 0 Å². The molecular formula is C18H13ClFNO3. The van der Waals surface area contributed by atoms with Gasteiger partial charge in [0.1, 0.15) is 11.4 Å². The summed E-state index contributed by atoms with van der Waals surface area (Å²) in [6.45, 7) is 1.78. The Bertz CT molecular complexity index is 983. The van der Waals surface area contributed by atoms with Gasteiger partial charge in [-0.1, -0.05) is 29.8 Å². The lowest BCUT2D eigenvalue weighted by atomic mass is 10.1. The number of carbonyl (C=O) groups excluding carboxylic acids is 1. The first kappa shape index (κ1) is 16.2.